The van der Waals surface area contributed by atoms with Gasteiger partial charge in [0.1, 0.15) is 0 Å². The van der Waals surface area contributed by atoms with Crippen molar-refractivity contribution in [3.63, 3.8) is 0 Å². The zero-order chi connectivity index (χ0) is 15.2. The molecular weight excluding hydrogens is 278 g/mol. The first-order valence-corrected chi connectivity index (χ1v) is 8.57. The van der Waals surface area contributed by atoms with Gasteiger partial charge in [0.15, 0.2) is 5.03 Å². The molecule has 1 aromatic rings. The average Bonchev–Trinajstić information content (AvgIpc) is 2.76. The first-order valence-electron chi connectivity index (χ1n) is 7.09. The summed E-state index contributed by atoms with van der Waals surface area (Å²) in [4.78, 5) is 0. The van der Waals surface area contributed by atoms with E-state index < -0.39 is 10.0 Å². The molecule has 0 bridgehead atoms. The lowest BCUT2D eigenvalue weighted by atomic mass is 10.1. The summed E-state index contributed by atoms with van der Waals surface area (Å²) in [5, 5.41) is 15.5. The van der Waals surface area contributed by atoms with Crippen LogP contribution in [0.25, 0.3) is 0 Å². The highest BCUT2D eigenvalue weighted by Crippen LogP contribution is 2.17. The molecule has 3 N–H and O–H groups in total. The van der Waals surface area contributed by atoms with Crippen LogP contribution < -0.4 is 4.72 Å². The molecule has 116 valence electrons. The molecule has 1 atom stereocenters. The van der Waals surface area contributed by atoms with Gasteiger partial charge in [0, 0.05) is 17.3 Å². The van der Waals surface area contributed by atoms with Crippen molar-refractivity contribution in [2.24, 2.45) is 0 Å². The number of aliphatic hydroxyl groups excluding tert-OH is 1. The van der Waals surface area contributed by atoms with Gasteiger partial charge in [0.2, 0.25) is 0 Å². The topological polar surface area (TPSA) is 95.1 Å². The molecule has 1 rings (SSSR count). The van der Waals surface area contributed by atoms with Crippen LogP contribution in [0.4, 0.5) is 0 Å². The minimum absolute atomic E-state index is 0.0992. The second kappa shape index (κ2) is 7.75. The number of H-pyrrole nitrogens is 1. The van der Waals surface area contributed by atoms with Gasteiger partial charge >= 0.3 is 0 Å². The van der Waals surface area contributed by atoms with Gasteiger partial charge in [-0.1, -0.05) is 32.6 Å². The molecule has 0 saturated carbocycles. The lowest BCUT2D eigenvalue weighted by Crippen LogP contribution is -2.33. The number of nitrogens with one attached hydrogen (secondary N) is 2. The maximum atomic E-state index is 12.2. The van der Waals surface area contributed by atoms with Crippen LogP contribution in [0.1, 0.15) is 57.2 Å². The maximum Gasteiger partial charge on any atom is 0.260 e. The van der Waals surface area contributed by atoms with E-state index in [1.807, 2.05) is 6.92 Å². The minimum Gasteiger partial charge on any atom is -0.392 e. The number of hydrogen-bond acceptors (Lipinski definition) is 4. The third-order valence-electron chi connectivity index (χ3n) is 3.30. The maximum absolute atomic E-state index is 12.2. The molecule has 0 amide bonds. The number of hydrogen-bond donors (Lipinski definition) is 3. The number of aromatic nitrogens is 2. The Morgan fingerprint density at radius 2 is 2.05 bits per heavy atom. The van der Waals surface area contributed by atoms with Crippen LogP contribution in [0.5, 0.6) is 0 Å². The molecule has 20 heavy (non-hydrogen) atoms. The average molecular weight is 303 g/mol. The van der Waals surface area contributed by atoms with Crippen LogP contribution in [0.2, 0.25) is 0 Å². The summed E-state index contributed by atoms with van der Waals surface area (Å²) in [6.45, 7) is 5.33. The number of nitrogens with zero attached hydrogens (tertiary/aromatic N) is 1. The molecule has 1 heterocycles. The Morgan fingerprint density at radius 1 is 1.35 bits per heavy atom. The van der Waals surface area contributed by atoms with Crippen molar-refractivity contribution in [2.75, 3.05) is 0 Å². The predicted octanol–water partition coefficient (Wildman–Crippen LogP) is 1.85. The highest BCUT2D eigenvalue weighted by molar-refractivity contribution is 7.89. The highest BCUT2D eigenvalue weighted by atomic mass is 32.2. The molecule has 0 fully saturated rings. The first kappa shape index (κ1) is 17.1. The van der Waals surface area contributed by atoms with Crippen LogP contribution >= 0.6 is 0 Å². The summed E-state index contributed by atoms with van der Waals surface area (Å²) in [5.41, 5.74) is 0.902. The molecule has 0 aliphatic heterocycles. The van der Waals surface area contributed by atoms with Crippen molar-refractivity contribution in [3.8, 4) is 0 Å². The van der Waals surface area contributed by atoms with Gasteiger partial charge in [-0.2, -0.15) is 5.10 Å². The monoisotopic (exact) mass is 303 g/mol. The molecule has 6 nitrogen and oxygen atoms in total. The molecule has 0 aromatic carbocycles. The van der Waals surface area contributed by atoms with E-state index in [-0.39, 0.29) is 17.7 Å². The molecule has 0 spiro atoms. The van der Waals surface area contributed by atoms with Gasteiger partial charge in [0.05, 0.1) is 6.61 Å². The highest BCUT2D eigenvalue weighted by Gasteiger charge is 2.24. The summed E-state index contributed by atoms with van der Waals surface area (Å²) in [6, 6.07) is -0.139. The minimum atomic E-state index is -3.68. The Morgan fingerprint density at radius 3 is 2.65 bits per heavy atom. The van der Waals surface area contributed by atoms with E-state index in [1.54, 1.807) is 6.92 Å². The fourth-order valence-corrected chi connectivity index (χ4v) is 3.56. The quantitative estimate of drug-likeness (QED) is 0.607. The van der Waals surface area contributed by atoms with E-state index in [0.717, 1.165) is 25.7 Å². The number of aliphatic hydroxyl groups is 1. The van der Waals surface area contributed by atoms with Crippen LogP contribution in [-0.2, 0) is 16.6 Å². The molecule has 0 aliphatic rings. The standard InChI is InChI=1S/C13H25N3O3S/c1-4-5-6-7-8-10(2)16-20(18,19)13-12(9-17)11(3)14-15-13/h10,16-17H,4-9H2,1-3H3,(H,14,15). The predicted molar refractivity (Wildman–Crippen MR) is 77.8 cm³/mol. The molecule has 0 saturated heterocycles. The molecule has 1 unspecified atom stereocenters. The summed E-state index contributed by atoms with van der Waals surface area (Å²) in [6.07, 6.45) is 5.26. The fourth-order valence-electron chi connectivity index (χ4n) is 2.10. The third kappa shape index (κ3) is 4.57. The van der Waals surface area contributed by atoms with Crippen molar-refractivity contribution in [2.45, 2.75) is 70.6 Å². The van der Waals surface area contributed by atoms with E-state index in [9.17, 15) is 13.5 Å². The third-order valence-corrected chi connectivity index (χ3v) is 4.86. The molecule has 0 radical (unpaired) electrons. The molecule has 7 heteroatoms. The zero-order valence-electron chi connectivity index (χ0n) is 12.4. The summed E-state index contributed by atoms with van der Waals surface area (Å²) in [5.74, 6) is 0. The SMILES string of the molecule is CCCCCCC(C)NS(=O)(=O)c1n[nH]c(C)c1CO. The fraction of sp³-hybridized carbons (Fsp3) is 0.769. The Bertz CT molecular complexity index is 511. The van der Waals surface area contributed by atoms with E-state index in [0.29, 0.717) is 11.3 Å². The van der Waals surface area contributed by atoms with Gasteiger partial charge in [0.25, 0.3) is 10.0 Å². The van der Waals surface area contributed by atoms with Gasteiger partial charge in [-0.05, 0) is 20.3 Å². The smallest absolute Gasteiger partial charge is 0.260 e. The van der Waals surface area contributed by atoms with E-state index in [1.165, 1.54) is 6.42 Å². The summed E-state index contributed by atoms with van der Waals surface area (Å²) >= 11 is 0. The van der Waals surface area contributed by atoms with Gasteiger partial charge in [-0.3, -0.25) is 5.10 Å². The number of rotatable bonds is 9. The number of aromatic amines is 1. The second-order valence-electron chi connectivity index (χ2n) is 5.16. The number of aryl methyl sites for hydroxylation is 1. The van der Waals surface area contributed by atoms with Crippen LogP contribution in [-0.4, -0.2) is 29.8 Å². The second-order valence-corrected chi connectivity index (χ2v) is 6.79. The van der Waals surface area contributed by atoms with Crippen LogP contribution in [0, 0.1) is 6.92 Å². The Balaban J connectivity index is 2.65. The van der Waals surface area contributed by atoms with E-state index in [4.69, 9.17) is 0 Å². The number of sulfonamides is 1. The zero-order valence-corrected chi connectivity index (χ0v) is 13.3. The Hall–Kier alpha value is -0.920. The first-order chi connectivity index (χ1) is 9.42. The van der Waals surface area contributed by atoms with Crippen molar-refractivity contribution in [3.05, 3.63) is 11.3 Å². The van der Waals surface area contributed by atoms with E-state index >= 15 is 0 Å². The van der Waals surface area contributed by atoms with Crippen molar-refractivity contribution >= 4 is 10.0 Å². The van der Waals surface area contributed by atoms with Gasteiger partial charge < -0.3 is 5.11 Å². The van der Waals surface area contributed by atoms with Gasteiger partial charge in [-0.15, -0.1) is 0 Å². The van der Waals surface area contributed by atoms with Crippen molar-refractivity contribution in [1.29, 1.82) is 0 Å². The molecule has 1 aromatic heterocycles. The van der Waals surface area contributed by atoms with Crippen molar-refractivity contribution in [1.82, 2.24) is 14.9 Å². The van der Waals surface area contributed by atoms with Crippen LogP contribution in [0.3, 0.4) is 0 Å². The van der Waals surface area contributed by atoms with E-state index in [2.05, 4.69) is 21.8 Å². The Kier molecular flexibility index (Phi) is 6.64. The summed E-state index contributed by atoms with van der Waals surface area (Å²) < 4.78 is 27.1. The van der Waals surface area contributed by atoms with Gasteiger partial charge in [-0.25, -0.2) is 13.1 Å². The number of unbranched alkanes of at least 4 members (excludes halogenated alkanes) is 3. The summed E-state index contributed by atoms with van der Waals surface area (Å²) in [7, 11) is -3.68. The lowest BCUT2D eigenvalue weighted by Gasteiger charge is -2.13. The normalized spacial score (nSPS) is 13.6. The molecule has 0 aliphatic carbocycles. The lowest BCUT2D eigenvalue weighted by molar-refractivity contribution is 0.277. The van der Waals surface area contributed by atoms with Crippen molar-refractivity contribution < 1.29 is 13.5 Å². The Labute approximate surface area is 121 Å². The van der Waals surface area contributed by atoms with Crippen LogP contribution in [0.15, 0.2) is 5.03 Å². The molecular formula is C13H25N3O3S. The largest absolute Gasteiger partial charge is 0.392 e.